The van der Waals surface area contributed by atoms with Gasteiger partial charge in [-0.2, -0.15) is 0 Å². The summed E-state index contributed by atoms with van der Waals surface area (Å²) < 4.78 is 0. The van der Waals surface area contributed by atoms with E-state index in [0.717, 1.165) is 42.9 Å². The average molecular weight is 344 g/mol. The summed E-state index contributed by atoms with van der Waals surface area (Å²) >= 11 is 0. The average Bonchev–Trinajstić information content (AvgIpc) is 2.93. The Morgan fingerprint density at radius 2 is 1.72 bits per heavy atom. The van der Waals surface area contributed by atoms with Crippen LogP contribution in [0.3, 0.4) is 0 Å². The predicted molar refractivity (Wildman–Crippen MR) is 98.8 cm³/mol. The van der Waals surface area contributed by atoms with Gasteiger partial charge in [0.2, 0.25) is 0 Å². The van der Waals surface area contributed by atoms with Gasteiger partial charge in [0.05, 0.1) is 0 Å². The molecule has 4 aliphatic carbocycles. The molecule has 0 radical (unpaired) electrons. The van der Waals surface area contributed by atoms with E-state index in [1.165, 1.54) is 38.5 Å². The molecule has 4 heteroatoms. The Morgan fingerprint density at radius 1 is 1.00 bits per heavy atom. The number of hydrogen-bond donors (Lipinski definition) is 0. The van der Waals surface area contributed by atoms with Gasteiger partial charge in [-0.1, -0.05) is 19.0 Å². The minimum absolute atomic E-state index is 0.224. The third-order valence-electron chi connectivity index (χ3n) is 9.34. The van der Waals surface area contributed by atoms with Gasteiger partial charge in [-0.3, -0.25) is 4.79 Å². The number of carbonyl (C=O) groups is 1. The van der Waals surface area contributed by atoms with Gasteiger partial charge in [0, 0.05) is 16.9 Å². The van der Waals surface area contributed by atoms with Crippen LogP contribution in [-0.2, 0) is 4.79 Å². The molecule has 0 aromatic rings. The van der Waals surface area contributed by atoms with E-state index in [1.54, 1.807) is 0 Å². The van der Waals surface area contributed by atoms with Crippen LogP contribution in [0.25, 0.3) is 10.4 Å². The maximum absolute atomic E-state index is 12.2. The SMILES string of the molecule is CC(=O)[C@H]1CC[C@H]2[C@@H]3CC[C@H]4C[C@H](N=[N+]=[N-])CC[C@]4(C)[C@H]3CC[C@]12C. The molecule has 0 aromatic heterocycles. The van der Waals surface area contributed by atoms with Crippen molar-refractivity contribution >= 4 is 5.78 Å². The second-order valence-electron chi connectivity index (χ2n) is 10.1. The van der Waals surface area contributed by atoms with Crippen molar-refractivity contribution in [3.8, 4) is 0 Å². The molecule has 4 aliphatic rings. The number of azide groups is 1. The molecule has 4 rings (SSSR count). The standard InChI is InChI=1S/C21H33N3O/c1-13(25)17-6-7-18-16-5-4-14-12-15(23-24-22)8-10-20(14,2)19(16)9-11-21(17,18)3/h14-19H,4-12H2,1-3H3/t14-,15+,16-,17+,18-,19-,20-,21+/m0/s1. The second-order valence-corrected chi connectivity index (χ2v) is 10.1. The van der Waals surface area contributed by atoms with Gasteiger partial charge in [0.25, 0.3) is 0 Å². The van der Waals surface area contributed by atoms with E-state index in [-0.39, 0.29) is 11.5 Å². The Hall–Kier alpha value is -1.02. The molecule has 0 unspecified atom stereocenters. The fourth-order valence-corrected chi connectivity index (χ4v) is 8.08. The summed E-state index contributed by atoms with van der Waals surface area (Å²) in [5.74, 6) is 3.87. The first-order valence-electron chi connectivity index (χ1n) is 10.4. The molecular weight excluding hydrogens is 310 g/mol. The molecule has 8 atom stereocenters. The zero-order chi connectivity index (χ0) is 17.8. The first kappa shape index (κ1) is 17.4. The Bertz CT molecular complexity index is 612. The quantitative estimate of drug-likeness (QED) is 0.349. The molecule has 0 spiro atoms. The van der Waals surface area contributed by atoms with Gasteiger partial charge < -0.3 is 0 Å². The number of Topliss-reactive ketones (excluding diaryl/α,β-unsaturated/α-hetero) is 1. The number of nitrogens with zero attached hydrogens (tertiary/aromatic N) is 3. The molecule has 0 aliphatic heterocycles. The van der Waals surface area contributed by atoms with Crippen LogP contribution in [0.2, 0.25) is 0 Å². The molecule has 0 bridgehead atoms. The summed E-state index contributed by atoms with van der Waals surface area (Å²) in [6, 6.07) is 0.224. The molecular formula is C21H33N3O. The van der Waals surface area contributed by atoms with Gasteiger partial charge in [0.15, 0.2) is 0 Å². The molecule has 4 saturated carbocycles. The van der Waals surface area contributed by atoms with Gasteiger partial charge in [0.1, 0.15) is 5.78 Å². The Kier molecular flexibility index (Phi) is 4.18. The highest BCUT2D eigenvalue weighted by Crippen LogP contribution is 2.67. The molecule has 4 nitrogen and oxygen atoms in total. The van der Waals surface area contributed by atoms with Crippen LogP contribution in [0.5, 0.6) is 0 Å². The van der Waals surface area contributed by atoms with Crippen molar-refractivity contribution in [2.75, 3.05) is 0 Å². The van der Waals surface area contributed by atoms with Crippen LogP contribution < -0.4 is 0 Å². The first-order valence-corrected chi connectivity index (χ1v) is 10.4. The highest BCUT2D eigenvalue weighted by atomic mass is 16.1. The normalized spacial score (nSPS) is 51.6. The molecule has 25 heavy (non-hydrogen) atoms. The minimum atomic E-state index is 0.224. The van der Waals surface area contributed by atoms with Gasteiger partial charge in [-0.05, 0) is 105 Å². The molecule has 0 aromatic carbocycles. The number of ketones is 1. The van der Waals surface area contributed by atoms with E-state index in [0.29, 0.717) is 17.1 Å². The Labute approximate surface area is 151 Å². The molecule has 0 saturated heterocycles. The fraction of sp³-hybridized carbons (Fsp3) is 0.952. The lowest BCUT2D eigenvalue weighted by Crippen LogP contribution is -2.54. The Balaban J connectivity index is 1.58. The van der Waals surface area contributed by atoms with E-state index in [1.807, 2.05) is 6.92 Å². The number of carbonyl (C=O) groups excluding carboxylic acids is 1. The van der Waals surface area contributed by atoms with Crippen LogP contribution in [-0.4, -0.2) is 11.8 Å². The summed E-state index contributed by atoms with van der Waals surface area (Å²) in [6.07, 6.45) is 11.0. The van der Waals surface area contributed by atoms with Crippen molar-refractivity contribution in [3.05, 3.63) is 10.4 Å². The van der Waals surface area contributed by atoms with Gasteiger partial charge in [-0.25, -0.2) is 0 Å². The highest BCUT2D eigenvalue weighted by molar-refractivity contribution is 5.79. The van der Waals surface area contributed by atoms with E-state index < -0.39 is 0 Å². The lowest BCUT2D eigenvalue weighted by molar-refractivity contribution is -0.133. The lowest BCUT2D eigenvalue weighted by Gasteiger charge is -2.61. The maximum Gasteiger partial charge on any atom is 0.133 e. The van der Waals surface area contributed by atoms with Crippen molar-refractivity contribution < 1.29 is 4.79 Å². The zero-order valence-electron chi connectivity index (χ0n) is 16.1. The maximum atomic E-state index is 12.2. The van der Waals surface area contributed by atoms with Crippen LogP contribution >= 0.6 is 0 Å². The van der Waals surface area contributed by atoms with E-state index >= 15 is 0 Å². The van der Waals surface area contributed by atoms with E-state index in [4.69, 9.17) is 5.53 Å². The van der Waals surface area contributed by atoms with Crippen molar-refractivity contribution in [2.24, 2.45) is 45.5 Å². The Morgan fingerprint density at radius 3 is 2.44 bits per heavy atom. The highest BCUT2D eigenvalue weighted by Gasteiger charge is 2.60. The first-order chi connectivity index (χ1) is 11.9. The number of hydrogen-bond acceptors (Lipinski definition) is 2. The van der Waals surface area contributed by atoms with Crippen LogP contribution in [0.15, 0.2) is 5.11 Å². The number of fused-ring (bicyclic) bond motifs is 5. The lowest BCUT2D eigenvalue weighted by atomic mass is 9.44. The number of rotatable bonds is 2. The topological polar surface area (TPSA) is 65.8 Å². The molecule has 0 heterocycles. The van der Waals surface area contributed by atoms with Gasteiger partial charge in [-0.15, -0.1) is 0 Å². The second kappa shape index (κ2) is 6.01. The van der Waals surface area contributed by atoms with E-state index in [9.17, 15) is 4.79 Å². The summed E-state index contributed by atoms with van der Waals surface area (Å²) in [5.41, 5.74) is 9.49. The summed E-state index contributed by atoms with van der Waals surface area (Å²) in [5, 5.41) is 4.05. The predicted octanol–water partition coefficient (Wildman–Crippen LogP) is 5.91. The molecule has 0 amide bonds. The summed E-state index contributed by atoms with van der Waals surface area (Å²) in [7, 11) is 0. The van der Waals surface area contributed by atoms with Crippen LogP contribution in [0, 0.1) is 40.4 Å². The molecule has 4 fully saturated rings. The fourth-order valence-electron chi connectivity index (χ4n) is 8.08. The smallest absolute Gasteiger partial charge is 0.133 e. The van der Waals surface area contributed by atoms with Gasteiger partial charge >= 0.3 is 0 Å². The summed E-state index contributed by atoms with van der Waals surface area (Å²) in [4.78, 5) is 15.3. The van der Waals surface area contributed by atoms with Crippen LogP contribution in [0.4, 0.5) is 0 Å². The van der Waals surface area contributed by atoms with Crippen molar-refractivity contribution in [3.63, 3.8) is 0 Å². The van der Waals surface area contributed by atoms with Crippen LogP contribution in [0.1, 0.15) is 78.6 Å². The minimum Gasteiger partial charge on any atom is -0.300 e. The molecule has 138 valence electrons. The zero-order valence-corrected chi connectivity index (χ0v) is 16.1. The van der Waals surface area contributed by atoms with Crippen molar-refractivity contribution in [2.45, 2.75) is 84.6 Å². The van der Waals surface area contributed by atoms with Crippen molar-refractivity contribution in [1.82, 2.24) is 0 Å². The summed E-state index contributed by atoms with van der Waals surface area (Å²) in [6.45, 7) is 6.79. The van der Waals surface area contributed by atoms with Crippen molar-refractivity contribution in [1.29, 1.82) is 0 Å². The third-order valence-corrected chi connectivity index (χ3v) is 9.34. The monoisotopic (exact) mass is 343 g/mol. The van der Waals surface area contributed by atoms with E-state index in [2.05, 4.69) is 23.9 Å². The third kappa shape index (κ3) is 2.47. The molecule has 0 N–H and O–H groups in total. The largest absolute Gasteiger partial charge is 0.300 e.